The summed E-state index contributed by atoms with van der Waals surface area (Å²) in [6.45, 7) is 0. The van der Waals surface area contributed by atoms with Gasteiger partial charge in [-0.3, -0.25) is 0 Å². The molecule has 2 rings (SSSR count). The van der Waals surface area contributed by atoms with E-state index < -0.39 is 6.10 Å². The van der Waals surface area contributed by atoms with Crippen molar-refractivity contribution in [2.24, 2.45) is 7.05 Å². The third kappa shape index (κ3) is 2.72. The SMILES string of the molecule is Cn1ccnc1CCC(O)c1ccc(Br)s1. The summed E-state index contributed by atoms with van der Waals surface area (Å²) in [7, 11) is 1.97. The number of aryl methyl sites for hydroxylation is 2. The summed E-state index contributed by atoms with van der Waals surface area (Å²) in [6, 6.07) is 3.92. The highest BCUT2D eigenvalue weighted by molar-refractivity contribution is 9.11. The number of aromatic nitrogens is 2. The van der Waals surface area contributed by atoms with Gasteiger partial charge in [-0.2, -0.15) is 0 Å². The minimum absolute atomic E-state index is 0.395. The Morgan fingerprint density at radius 3 is 2.94 bits per heavy atom. The molecule has 1 atom stereocenters. The van der Waals surface area contributed by atoms with Crippen molar-refractivity contribution in [2.75, 3.05) is 0 Å². The number of hydrogen-bond donors (Lipinski definition) is 1. The molecule has 0 saturated carbocycles. The maximum atomic E-state index is 9.98. The quantitative estimate of drug-likeness (QED) is 0.943. The van der Waals surface area contributed by atoms with Crippen molar-refractivity contribution >= 4 is 27.3 Å². The number of hydrogen-bond acceptors (Lipinski definition) is 3. The predicted molar refractivity (Wildman–Crippen MR) is 68.5 cm³/mol. The zero-order valence-corrected chi connectivity index (χ0v) is 11.3. The molecule has 0 radical (unpaired) electrons. The Morgan fingerprint density at radius 1 is 1.56 bits per heavy atom. The number of thiophene rings is 1. The van der Waals surface area contributed by atoms with Gasteiger partial charge in [0.25, 0.3) is 0 Å². The summed E-state index contributed by atoms with van der Waals surface area (Å²) in [6.07, 6.45) is 4.80. The summed E-state index contributed by atoms with van der Waals surface area (Å²) in [5, 5.41) is 9.98. The fourth-order valence-electron chi connectivity index (χ4n) is 1.55. The van der Waals surface area contributed by atoms with Crippen molar-refractivity contribution in [2.45, 2.75) is 18.9 Å². The van der Waals surface area contributed by atoms with E-state index in [1.54, 1.807) is 17.5 Å². The topological polar surface area (TPSA) is 38.0 Å². The Labute approximate surface area is 107 Å². The van der Waals surface area contributed by atoms with Gasteiger partial charge in [-0.25, -0.2) is 4.98 Å². The van der Waals surface area contributed by atoms with E-state index in [9.17, 15) is 5.11 Å². The fourth-order valence-corrected chi connectivity index (χ4v) is 3.00. The van der Waals surface area contributed by atoms with Gasteiger partial charge < -0.3 is 9.67 Å². The second kappa shape index (κ2) is 5.12. The molecule has 0 spiro atoms. The molecule has 2 aromatic heterocycles. The molecule has 16 heavy (non-hydrogen) atoms. The summed E-state index contributed by atoms with van der Waals surface area (Å²) in [5.74, 6) is 1.01. The molecule has 1 N–H and O–H groups in total. The van der Waals surface area contributed by atoms with Crippen LogP contribution in [0, 0.1) is 0 Å². The average molecular weight is 301 g/mol. The number of halogens is 1. The van der Waals surface area contributed by atoms with E-state index >= 15 is 0 Å². The minimum Gasteiger partial charge on any atom is -0.388 e. The molecule has 0 aromatic carbocycles. The van der Waals surface area contributed by atoms with Gasteiger partial charge in [0.15, 0.2) is 0 Å². The number of nitrogens with zero attached hydrogens (tertiary/aromatic N) is 2. The minimum atomic E-state index is -0.395. The Balaban J connectivity index is 1.93. The van der Waals surface area contributed by atoms with Crippen LogP contribution in [0.15, 0.2) is 28.3 Å². The molecule has 0 fully saturated rings. The Morgan fingerprint density at radius 2 is 2.38 bits per heavy atom. The predicted octanol–water partition coefficient (Wildman–Crippen LogP) is 2.91. The van der Waals surface area contributed by atoms with Crippen LogP contribution in [0.3, 0.4) is 0 Å². The van der Waals surface area contributed by atoms with Crippen molar-refractivity contribution in [3.05, 3.63) is 39.0 Å². The number of aliphatic hydroxyl groups excluding tert-OH is 1. The summed E-state index contributed by atoms with van der Waals surface area (Å²) in [4.78, 5) is 5.23. The van der Waals surface area contributed by atoms with Gasteiger partial charge in [-0.15, -0.1) is 11.3 Å². The molecular weight excluding hydrogens is 288 g/mol. The van der Waals surface area contributed by atoms with Crippen LogP contribution in [0.4, 0.5) is 0 Å². The molecule has 2 heterocycles. The number of aliphatic hydroxyl groups is 1. The Kier molecular flexibility index (Phi) is 3.78. The third-order valence-electron chi connectivity index (χ3n) is 2.48. The number of rotatable bonds is 4. The lowest BCUT2D eigenvalue weighted by atomic mass is 10.1. The maximum Gasteiger partial charge on any atom is 0.108 e. The van der Waals surface area contributed by atoms with Gasteiger partial charge in [0, 0.05) is 30.7 Å². The monoisotopic (exact) mass is 300 g/mol. The van der Waals surface area contributed by atoms with Gasteiger partial charge in [0.05, 0.1) is 9.89 Å². The molecule has 0 aliphatic heterocycles. The molecule has 5 heteroatoms. The zero-order valence-electron chi connectivity index (χ0n) is 8.93. The van der Waals surface area contributed by atoms with E-state index in [2.05, 4.69) is 20.9 Å². The van der Waals surface area contributed by atoms with Gasteiger partial charge in [0.2, 0.25) is 0 Å². The Bertz CT molecular complexity index is 466. The molecule has 86 valence electrons. The lowest BCUT2D eigenvalue weighted by Gasteiger charge is -2.07. The van der Waals surface area contributed by atoms with Crippen LogP contribution >= 0.6 is 27.3 Å². The van der Waals surface area contributed by atoms with E-state index in [-0.39, 0.29) is 0 Å². The van der Waals surface area contributed by atoms with Gasteiger partial charge in [-0.05, 0) is 34.5 Å². The molecule has 0 aliphatic rings. The average Bonchev–Trinajstić information content (AvgIpc) is 2.84. The smallest absolute Gasteiger partial charge is 0.108 e. The zero-order chi connectivity index (χ0) is 11.5. The fraction of sp³-hybridized carbons (Fsp3) is 0.364. The van der Waals surface area contributed by atoms with E-state index in [1.807, 2.05) is 29.9 Å². The summed E-state index contributed by atoms with van der Waals surface area (Å²) < 4.78 is 3.04. The van der Waals surface area contributed by atoms with Crippen molar-refractivity contribution < 1.29 is 5.11 Å². The molecule has 0 saturated heterocycles. The van der Waals surface area contributed by atoms with Gasteiger partial charge >= 0.3 is 0 Å². The van der Waals surface area contributed by atoms with Crippen LogP contribution in [-0.2, 0) is 13.5 Å². The lowest BCUT2D eigenvalue weighted by molar-refractivity contribution is 0.170. The highest BCUT2D eigenvalue weighted by Crippen LogP contribution is 2.29. The highest BCUT2D eigenvalue weighted by atomic mass is 79.9. The highest BCUT2D eigenvalue weighted by Gasteiger charge is 2.11. The molecule has 2 aromatic rings. The molecular formula is C11H13BrN2OS. The van der Waals surface area contributed by atoms with Gasteiger partial charge in [-0.1, -0.05) is 0 Å². The first-order valence-corrected chi connectivity index (χ1v) is 6.67. The maximum absolute atomic E-state index is 9.98. The normalized spacial score (nSPS) is 12.9. The first-order valence-electron chi connectivity index (χ1n) is 5.06. The summed E-state index contributed by atoms with van der Waals surface area (Å²) >= 11 is 4.97. The van der Waals surface area contributed by atoms with E-state index in [4.69, 9.17) is 0 Å². The van der Waals surface area contributed by atoms with Gasteiger partial charge in [0.1, 0.15) is 5.82 Å². The number of imidazole rings is 1. The van der Waals surface area contributed by atoms with Crippen LogP contribution in [-0.4, -0.2) is 14.7 Å². The molecule has 1 unspecified atom stereocenters. The van der Waals surface area contributed by atoms with Crippen molar-refractivity contribution in [1.82, 2.24) is 9.55 Å². The second-order valence-electron chi connectivity index (χ2n) is 3.65. The van der Waals surface area contributed by atoms with Crippen LogP contribution in [0.25, 0.3) is 0 Å². The van der Waals surface area contributed by atoms with E-state index in [0.29, 0.717) is 6.42 Å². The van der Waals surface area contributed by atoms with Crippen LogP contribution in [0.2, 0.25) is 0 Å². The molecule has 3 nitrogen and oxygen atoms in total. The lowest BCUT2D eigenvalue weighted by Crippen LogP contribution is -2.02. The second-order valence-corrected chi connectivity index (χ2v) is 6.15. The van der Waals surface area contributed by atoms with Crippen molar-refractivity contribution in [3.63, 3.8) is 0 Å². The standard InChI is InChI=1S/C11H13BrN2OS/c1-14-7-6-13-11(14)5-2-8(15)9-3-4-10(12)16-9/h3-4,6-8,15H,2,5H2,1H3. The van der Waals surface area contributed by atoms with Crippen molar-refractivity contribution in [1.29, 1.82) is 0 Å². The van der Waals surface area contributed by atoms with Crippen LogP contribution in [0.1, 0.15) is 23.2 Å². The molecule has 0 aliphatic carbocycles. The summed E-state index contributed by atoms with van der Waals surface area (Å²) in [5.41, 5.74) is 0. The first-order chi connectivity index (χ1) is 7.66. The largest absolute Gasteiger partial charge is 0.388 e. The van der Waals surface area contributed by atoms with Crippen LogP contribution in [0.5, 0.6) is 0 Å². The van der Waals surface area contributed by atoms with E-state index in [0.717, 1.165) is 20.9 Å². The Hall–Kier alpha value is -0.650. The third-order valence-corrected chi connectivity index (χ3v) is 4.21. The van der Waals surface area contributed by atoms with E-state index in [1.165, 1.54) is 0 Å². The molecule has 0 amide bonds. The van der Waals surface area contributed by atoms with Crippen LogP contribution < -0.4 is 0 Å². The first kappa shape index (κ1) is 11.8. The van der Waals surface area contributed by atoms with Crippen molar-refractivity contribution in [3.8, 4) is 0 Å². The molecule has 0 bridgehead atoms.